The number of aromatic nitrogens is 1. The van der Waals surface area contributed by atoms with Crippen molar-refractivity contribution in [1.29, 1.82) is 0 Å². The van der Waals surface area contributed by atoms with Gasteiger partial charge in [0.2, 0.25) is 0 Å². The topological polar surface area (TPSA) is 38.9 Å². The van der Waals surface area contributed by atoms with Crippen molar-refractivity contribution in [3.63, 3.8) is 0 Å². The molecular weight excluding hydrogens is 236 g/mol. The lowest BCUT2D eigenvalue weighted by Gasteiger charge is -2.18. The van der Waals surface area contributed by atoms with Gasteiger partial charge in [-0.15, -0.1) is 11.3 Å². The zero-order valence-electron chi connectivity index (χ0n) is 10.8. The summed E-state index contributed by atoms with van der Waals surface area (Å²) in [7, 11) is 0. The molecule has 0 aliphatic carbocycles. The highest BCUT2D eigenvalue weighted by Crippen LogP contribution is 2.34. The minimum atomic E-state index is 0.0899. The number of hydrogen-bond donors (Lipinski definition) is 1. The summed E-state index contributed by atoms with van der Waals surface area (Å²) >= 11 is 3.69. The Kier molecular flexibility index (Phi) is 4.83. The van der Waals surface area contributed by atoms with Crippen molar-refractivity contribution in [3.05, 3.63) is 15.6 Å². The molecule has 16 heavy (non-hydrogen) atoms. The Morgan fingerprint density at radius 1 is 1.44 bits per heavy atom. The van der Waals surface area contributed by atoms with Crippen molar-refractivity contribution in [2.45, 2.75) is 51.8 Å². The molecule has 1 rings (SSSR count). The summed E-state index contributed by atoms with van der Waals surface area (Å²) in [6.07, 6.45) is 0. The van der Waals surface area contributed by atoms with Crippen LogP contribution in [0.5, 0.6) is 0 Å². The number of thioether (sulfide) groups is 1. The second kappa shape index (κ2) is 5.52. The lowest BCUT2D eigenvalue weighted by Crippen LogP contribution is -2.17. The van der Waals surface area contributed by atoms with Gasteiger partial charge in [0.1, 0.15) is 5.01 Å². The fourth-order valence-corrected chi connectivity index (χ4v) is 3.43. The van der Waals surface area contributed by atoms with Crippen LogP contribution < -0.4 is 5.73 Å². The lowest BCUT2D eigenvalue weighted by atomic mass is 9.90. The van der Waals surface area contributed by atoms with Crippen molar-refractivity contribution in [3.8, 4) is 0 Å². The van der Waals surface area contributed by atoms with Crippen LogP contribution in [0.25, 0.3) is 0 Å². The van der Waals surface area contributed by atoms with Gasteiger partial charge in [-0.2, -0.15) is 11.8 Å². The van der Waals surface area contributed by atoms with E-state index >= 15 is 0 Å². The first kappa shape index (κ1) is 14.0. The van der Waals surface area contributed by atoms with E-state index in [1.165, 1.54) is 15.6 Å². The SMILES string of the molecule is CCSCc1nc(C(C)(C)C)c(C(C)N)s1. The standard InChI is InChI=1S/C12H22N2S2/c1-6-15-7-9-14-11(12(3,4)5)10(16-9)8(2)13/h8H,6-7,13H2,1-5H3. The molecule has 1 aromatic rings. The van der Waals surface area contributed by atoms with Gasteiger partial charge >= 0.3 is 0 Å². The molecule has 1 aromatic heterocycles. The van der Waals surface area contributed by atoms with E-state index in [1.54, 1.807) is 11.3 Å². The number of nitrogens with two attached hydrogens (primary N) is 1. The molecule has 0 aromatic carbocycles. The van der Waals surface area contributed by atoms with Crippen molar-refractivity contribution in [1.82, 2.24) is 4.98 Å². The third kappa shape index (κ3) is 3.47. The molecule has 0 saturated carbocycles. The van der Waals surface area contributed by atoms with Gasteiger partial charge in [0.05, 0.1) is 5.69 Å². The van der Waals surface area contributed by atoms with E-state index in [1.807, 2.05) is 18.7 Å². The lowest BCUT2D eigenvalue weighted by molar-refractivity contribution is 0.559. The monoisotopic (exact) mass is 258 g/mol. The summed E-state index contributed by atoms with van der Waals surface area (Å²) < 4.78 is 0. The summed E-state index contributed by atoms with van der Waals surface area (Å²) in [6.45, 7) is 10.8. The Hall–Kier alpha value is -0.0600. The van der Waals surface area contributed by atoms with Crippen LogP contribution in [0.3, 0.4) is 0 Å². The molecule has 0 amide bonds. The Bertz CT molecular complexity index is 337. The quantitative estimate of drug-likeness (QED) is 0.894. The number of thiazole rings is 1. The van der Waals surface area contributed by atoms with Crippen LogP contribution in [-0.2, 0) is 11.2 Å². The third-order valence-electron chi connectivity index (χ3n) is 2.25. The molecule has 4 heteroatoms. The molecule has 0 spiro atoms. The molecule has 1 atom stereocenters. The van der Waals surface area contributed by atoms with E-state index < -0.39 is 0 Å². The highest BCUT2D eigenvalue weighted by Gasteiger charge is 2.24. The van der Waals surface area contributed by atoms with Gasteiger partial charge in [-0.1, -0.05) is 27.7 Å². The molecule has 0 aliphatic heterocycles. The first-order valence-electron chi connectivity index (χ1n) is 5.69. The molecule has 1 heterocycles. The molecule has 1 unspecified atom stereocenters. The number of nitrogens with zero attached hydrogens (tertiary/aromatic N) is 1. The Balaban J connectivity index is 3.01. The minimum Gasteiger partial charge on any atom is -0.323 e. The van der Waals surface area contributed by atoms with Crippen LogP contribution in [-0.4, -0.2) is 10.7 Å². The number of rotatable bonds is 4. The van der Waals surface area contributed by atoms with Gasteiger partial charge in [-0.3, -0.25) is 0 Å². The summed E-state index contributed by atoms with van der Waals surface area (Å²) in [4.78, 5) is 6.01. The van der Waals surface area contributed by atoms with E-state index in [0.29, 0.717) is 0 Å². The van der Waals surface area contributed by atoms with Crippen LogP contribution in [0.2, 0.25) is 0 Å². The highest BCUT2D eigenvalue weighted by atomic mass is 32.2. The van der Waals surface area contributed by atoms with E-state index in [2.05, 4.69) is 27.7 Å². The maximum Gasteiger partial charge on any atom is 0.103 e. The Morgan fingerprint density at radius 2 is 2.06 bits per heavy atom. The predicted molar refractivity (Wildman–Crippen MR) is 75.3 cm³/mol. The normalized spacial score (nSPS) is 14.1. The zero-order chi connectivity index (χ0) is 12.3. The molecule has 0 fully saturated rings. The molecule has 0 radical (unpaired) electrons. The third-order valence-corrected chi connectivity index (χ3v) is 4.58. The molecular formula is C12H22N2S2. The molecule has 0 aliphatic rings. The molecule has 0 saturated heterocycles. The summed E-state index contributed by atoms with van der Waals surface area (Å²) in [5.74, 6) is 2.15. The fourth-order valence-electron chi connectivity index (χ4n) is 1.47. The predicted octanol–water partition coefficient (Wildman–Crippen LogP) is 3.71. The summed E-state index contributed by atoms with van der Waals surface area (Å²) in [5, 5.41) is 1.21. The van der Waals surface area contributed by atoms with Crippen molar-refractivity contribution in [2.24, 2.45) is 5.73 Å². The summed E-state index contributed by atoms with van der Waals surface area (Å²) in [5.41, 5.74) is 7.29. The maximum absolute atomic E-state index is 6.02. The van der Waals surface area contributed by atoms with Crippen LogP contribution >= 0.6 is 23.1 Å². The minimum absolute atomic E-state index is 0.0899. The Morgan fingerprint density at radius 3 is 2.44 bits per heavy atom. The van der Waals surface area contributed by atoms with Crippen molar-refractivity contribution < 1.29 is 0 Å². The first-order chi connectivity index (χ1) is 7.36. The molecule has 0 bridgehead atoms. The molecule has 2 nitrogen and oxygen atoms in total. The largest absolute Gasteiger partial charge is 0.323 e. The zero-order valence-corrected chi connectivity index (χ0v) is 12.5. The smallest absolute Gasteiger partial charge is 0.103 e. The molecule has 92 valence electrons. The van der Waals surface area contributed by atoms with Gasteiger partial charge in [0.25, 0.3) is 0 Å². The highest BCUT2D eigenvalue weighted by molar-refractivity contribution is 7.98. The second-order valence-electron chi connectivity index (χ2n) is 5.00. The average molecular weight is 258 g/mol. The van der Waals surface area contributed by atoms with E-state index in [0.717, 1.165) is 11.5 Å². The van der Waals surface area contributed by atoms with Crippen LogP contribution in [0, 0.1) is 0 Å². The van der Waals surface area contributed by atoms with Crippen LogP contribution in [0.4, 0.5) is 0 Å². The fraction of sp³-hybridized carbons (Fsp3) is 0.750. The van der Waals surface area contributed by atoms with E-state index in [4.69, 9.17) is 10.7 Å². The maximum atomic E-state index is 6.02. The van der Waals surface area contributed by atoms with E-state index in [9.17, 15) is 0 Å². The first-order valence-corrected chi connectivity index (χ1v) is 7.66. The van der Waals surface area contributed by atoms with Gasteiger partial charge in [0.15, 0.2) is 0 Å². The van der Waals surface area contributed by atoms with Crippen molar-refractivity contribution in [2.75, 3.05) is 5.75 Å². The Labute approximate surface area is 107 Å². The van der Waals surface area contributed by atoms with Crippen LogP contribution in [0.1, 0.15) is 56.2 Å². The molecule has 2 N–H and O–H groups in total. The average Bonchev–Trinajstić information content (AvgIpc) is 2.58. The van der Waals surface area contributed by atoms with Gasteiger partial charge in [-0.25, -0.2) is 4.98 Å². The van der Waals surface area contributed by atoms with Crippen molar-refractivity contribution >= 4 is 23.1 Å². The van der Waals surface area contributed by atoms with Gasteiger partial charge in [0, 0.05) is 22.1 Å². The second-order valence-corrected chi connectivity index (χ2v) is 7.39. The van der Waals surface area contributed by atoms with E-state index in [-0.39, 0.29) is 11.5 Å². The number of hydrogen-bond acceptors (Lipinski definition) is 4. The summed E-state index contributed by atoms with van der Waals surface area (Å²) in [6, 6.07) is 0.0899. The van der Waals surface area contributed by atoms with Gasteiger partial charge in [-0.05, 0) is 12.7 Å². The van der Waals surface area contributed by atoms with Gasteiger partial charge < -0.3 is 5.73 Å². The van der Waals surface area contributed by atoms with Crippen LogP contribution in [0.15, 0.2) is 0 Å².